The molecule has 3 heterocycles. The van der Waals surface area contributed by atoms with Crippen molar-refractivity contribution in [2.45, 2.75) is 12.1 Å². The highest BCUT2D eigenvalue weighted by Crippen LogP contribution is 2.53. The SMILES string of the molecule is Cn1cncc1C1(c2cccc(Cl)c2)c2cc(CO)ccc2-n2nnnc2N1c1ccc(Cl)cc1. The first kappa shape index (κ1) is 21.8. The van der Waals surface area contributed by atoms with Crippen LogP contribution < -0.4 is 4.90 Å². The Morgan fingerprint density at radius 1 is 0.971 bits per heavy atom. The molecule has 6 rings (SSSR count). The fraction of sp³-hybridized carbons (Fsp3) is 0.120. The van der Waals surface area contributed by atoms with Gasteiger partial charge >= 0.3 is 0 Å². The first-order chi connectivity index (χ1) is 17.0. The summed E-state index contributed by atoms with van der Waals surface area (Å²) in [5.41, 5.74) is 3.97. The third-order valence-electron chi connectivity index (χ3n) is 6.36. The summed E-state index contributed by atoms with van der Waals surface area (Å²) in [4.78, 5) is 6.53. The van der Waals surface area contributed by atoms with Crippen molar-refractivity contribution in [2.75, 3.05) is 4.90 Å². The fourth-order valence-electron chi connectivity index (χ4n) is 4.91. The number of imidazole rings is 1. The number of aryl methyl sites for hydroxylation is 1. The van der Waals surface area contributed by atoms with Crippen molar-refractivity contribution in [1.29, 1.82) is 0 Å². The molecule has 0 saturated heterocycles. The van der Waals surface area contributed by atoms with Crippen LogP contribution in [0.5, 0.6) is 0 Å². The molecule has 5 aromatic rings. The quantitative estimate of drug-likeness (QED) is 0.384. The highest BCUT2D eigenvalue weighted by molar-refractivity contribution is 6.31. The second-order valence-electron chi connectivity index (χ2n) is 8.32. The van der Waals surface area contributed by atoms with Crippen LogP contribution in [0.15, 0.2) is 79.3 Å². The summed E-state index contributed by atoms with van der Waals surface area (Å²) in [6.07, 6.45) is 3.59. The predicted molar refractivity (Wildman–Crippen MR) is 133 cm³/mol. The standard InChI is InChI=1S/C25H19Cl2N7O/c1-32-15-28-13-23(32)25(17-3-2-4-19(27)12-17)21-11-16(14-35)5-10-22(21)34-24(29-30-31-34)33(25)20-8-6-18(26)7-9-20/h2-13,15,35H,14H2,1H3. The van der Waals surface area contributed by atoms with Crippen molar-refractivity contribution in [3.63, 3.8) is 0 Å². The third kappa shape index (κ3) is 3.18. The van der Waals surface area contributed by atoms with Crippen molar-refractivity contribution in [1.82, 2.24) is 29.8 Å². The van der Waals surface area contributed by atoms with Crippen LogP contribution in [-0.2, 0) is 19.2 Å². The number of hydrogen-bond acceptors (Lipinski definition) is 6. The number of nitrogens with zero attached hydrogens (tertiary/aromatic N) is 7. The smallest absolute Gasteiger partial charge is 0.256 e. The summed E-state index contributed by atoms with van der Waals surface area (Å²) >= 11 is 12.8. The summed E-state index contributed by atoms with van der Waals surface area (Å²) in [5.74, 6) is 0.512. The molecule has 1 unspecified atom stereocenters. The summed E-state index contributed by atoms with van der Waals surface area (Å²) < 4.78 is 3.67. The number of tetrazole rings is 1. The van der Waals surface area contributed by atoms with Gasteiger partial charge < -0.3 is 9.67 Å². The van der Waals surface area contributed by atoms with Crippen LogP contribution in [0.4, 0.5) is 11.6 Å². The van der Waals surface area contributed by atoms with Gasteiger partial charge in [-0.15, -0.1) is 0 Å². The average molecular weight is 504 g/mol. The molecule has 0 fully saturated rings. The minimum atomic E-state index is -0.991. The molecular formula is C25H19Cl2N7O. The fourth-order valence-corrected chi connectivity index (χ4v) is 5.22. The van der Waals surface area contributed by atoms with Gasteiger partial charge in [-0.2, -0.15) is 4.68 Å². The normalized spacial score (nSPS) is 16.7. The van der Waals surface area contributed by atoms with Crippen LogP contribution in [0.2, 0.25) is 10.0 Å². The molecule has 2 aromatic heterocycles. The minimum Gasteiger partial charge on any atom is -0.392 e. The first-order valence-electron chi connectivity index (χ1n) is 10.9. The molecule has 174 valence electrons. The van der Waals surface area contributed by atoms with Gasteiger partial charge in [-0.05, 0) is 70.1 Å². The third-order valence-corrected chi connectivity index (χ3v) is 6.85. The number of aromatic nitrogens is 6. The number of rotatable bonds is 4. The van der Waals surface area contributed by atoms with Crippen molar-refractivity contribution in [3.05, 3.63) is 112 Å². The van der Waals surface area contributed by atoms with E-state index < -0.39 is 5.54 Å². The highest BCUT2D eigenvalue weighted by Gasteiger charge is 2.52. The largest absolute Gasteiger partial charge is 0.392 e. The van der Waals surface area contributed by atoms with Crippen LogP contribution >= 0.6 is 23.2 Å². The van der Waals surface area contributed by atoms with Gasteiger partial charge in [-0.3, -0.25) is 4.90 Å². The Hall–Kier alpha value is -3.72. The van der Waals surface area contributed by atoms with Crippen LogP contribution in [0.1, 0.15) is 22.4 Å². The Morgan fingerprint density at radius 2 is 1.80 bits per heavy atom. The monoisotopic (exact) mass is 503 g/mol. The summed E-state index contributed by atoms with van der Waals surface area (Å²) in [5, 5.41) is 24.0. The van der Waals surface area contributed by atoms with Crippen LogP contribution in [0.3, 0.4) is 0 Å². The zero-order valence-electron chi connectivity index (χ0n) is 18.5. The van der Waals surface area contributed by atoms with E-state index in [1.165, 1.54) is 0 Å². The van der Waals surface area contributed by atoms with Crippen molar-refractivity contribution in [2.24, 2.45) is 7.05 Å². The van der Waals surface area contributed by atoms with Gasteiger partial charge in [0.25, 0.3) is 5.95 Å². The maximum atomic E-state index is 10.1. The first-order valence-corrected chi connectivity index (χ1v) is 11.6. The molecule has 1 aliphatic rings. The zero-order valence-corrected chi connectivity index (χ0v) is 20.1. The Morgan fingerprint density at radius 3 is 2.51 bits per heavy atom. The lowest BCUT2D eigenvalue weighted by Crippen LogP contribution is -2.51. The lowest BCUT2D eigenvalue weighted by molar-refractivity contribution is 0.281. The summed E-state index contributed by atoms with van der Waals surface area (Å²) in [7, 11) is 1.95. The molecule has 35 heavy (non-hydrogen) atoms. The van der Waals surface area contributed by atoms with Gasteiger partial charge in [0.2, 0.25) is 0 Å². The average Bonchev–Trinajstić information content (AvgIpc) is 3.53. The van der Waals surface area contributed by atoms with E-state index >= 15 is 0 Å². The molecule has 8 nitrogen and oxygen atoms in total. The van der Waals surface area contributed by atoms with E-state index in [4.69, 9.17) is 23.2 Å². The molecule has 0 saturated carbocycles. The summed E-state index contributed by atoms with van der Waals surface area (Å²) in [6, 6.07) is 21.0. The van der Waals surface area contributed by atoms with Gasteiger partial charge in [-0.25, -0.2) is 4.98 Å². The van der Waals surface area contributed by atoms with Crippen molar-refractivity contribution < 1.29 is 5.11 Å². The van der Waals surface area contributed by atoms with Gasteiger partial charge in [-0.1, -0.05) is 46.5 Å². The van der Waals surface area contributed by atoms with E-state index in [9.17, 15) is 5.11 Å². The van der Waals surface area contributed by atoms with Crippen molar-refractivity contribution in [3.8, 4) is 5.69 Å². The number of halogens is 2. The summed E-state index contributed by atoms with van der Waals surface area (Å²) in [6.45, 7) is -0.117. The van der Waals surface area contributed by atoms with Crippen LogP contribution in [0.25, 0.3) is 5.69 Å². The maximum absolute atomic E-state index is 10.1. The molecule has 0 bridgehead atoms. The topological polar surface area (TPSA) is 84.9 Å². The Bertz CT molecular complexity index is 1550. The maximum Gasteiger partial charge on any atom is 0.256 e. The Balaban J connectivity index is 1.83. The van der Waals surface area contributed by atoms with Gasteiger partial charge in [0.15, 0.2) is 0 Å². The van der Waals surface area contributed by atoms with Crippen LogP contribution in [-0.4, -0.2) is 34.9 Å². The molecule has 3 aromatic carbocycles. The lowest BCUT2D eigenvalue weighted by atomic mass is 9.75. The molecular weight excluding hydrogens is 485 g/mol. The number of benzene rings is 3. The number of aliphatic hydroxyl groups is 1. The van der Waals surface area contributed by atoms with E-state index in [0.717, 1.165) is 33.8 Å². The molecule has 0 aliphatic carbocycles. The molecule has 1 N–H and O–H groups in total. The number of anilines is 2. The highest BCUT2D eigenvalue weighted by atomic mass is 35.5. The van der Waals surface area contributed by atoms with Gasteiger partial charge in [0, 0.05) is 28.3 Å². The molecule has 0 spiro atoms. The zero-order chi connectivity index (χ0) is 24.2. The molecule has 1 aliphatic heterocycles. The second-order valence-corrected chi connectivity index (χ2v) is 9.20. The van der Waals surface area contributed by atoms with Gasteiger partial charge in [0.1, 0.15) is 5.54 Å². The van der Waals surface area contributed by atoms with E-state index in [-0.39, 0.29) is 6.61 Å². The molecule has 10 heteroatoms. The number of hydrogen-bond donors (Lipinski definition) is 1. The van der Waals surface area contributed by atoms with Crippen molar-refractivity contribution >= 4 is 34.8 Å². The second kappa shape index (κ2) is 8.20. The predicted octanol–water partition coefficient (Wildman–Crippen LogP) is 4.64. The molecule has 0 amide bonds. The van der Waals surface area contributed by atoms with E-state index in [1.807, 2.05) is 84.5 Å². The van der Waals surface area contributed by atoms with Crippen LogP contribution in [0, 0.1) is 0 Å². The minimum absolute atomic E-state index is 0.117. The van der Waals surface area contributed by atoms with E-state index in [1.54, 1.807) is 11.0 Å². The number of fused-ring (bicyclic) bond motifs is 3. The molecule has 1 atom stereocenters. The number of aliphatic hydroxyl groups excluding tert-OH is 1. The van der Waals surface area contributed by atoms with E-state index in [0.29, 0.717) is 16.0 Å². The van der Waals surface area contributed by atoms with Gasteiger partial charge in [0.05, 0.1) is 30.5 Å². The Kier molecular flexibility index (Phi) is 5.10. The lowest BCUT2D eigenvalue weighted by Gasteiger charge is -2.48. The molecule has 0 radical (unpaired) electrons. The van der Waals surface area contributed by atoms with E-state index in [2.05, 4.69) is 25.4 Å². The Labute approximate surface area is 211 Å².